The first kappa shape index (κ1) is 13.0. The van der Waals surface area contributed by atoms with E-state index in [1.807, 2.05) is 0 Å². The first-order valence-corrected chi connectivity index (χ1v) is 4.41. The quantitative estimate of drug-likeness (QED) is 0.841. The second-order valence-electron chi connectivity index (χ2n) is 2.90. The average molecular weight is 261 g/mol. The number of nitrogens with one attached hydrogen (secondary N) is 1. The van der Waals surface area contributed by atoms with Gasteiger partial charge in [-0.25, -0.2) is 18.2 Å². The Morgan fingerprint density at radius 3 is 2.56 bits per heavy atom. The van der Waals surface area contributed by atoms with Gasteiger partial charge in [0.15, 0.2) is 11.6 Å². The van der Waals surface area contributed by atoms with Crippen molar-refractivity contribution in [1.82, 2.24) is 4.98 Å². The van der Waals surface area contributed by atoms with Crippen LogP contribution in [0.5, 0.6) is 0 Å². The Kier molecular flexibility index (Phi) is 3.90. The lowest BCUT2D eigenvalue weighted by Crippen LogP contribution is -2.35. The summed E-state index contributed by atoms with van der Waals surface area (Å²) < 4.78 is 61.4. The molecule has 1 aromatic heterocycles. The minimum absolute atomic E-state index is 0.0244. The summed E-state index contributed by atoms with van der Waals surface area (Å²) in [6.07, 6.45) is -2.82. The highest BCUT2D eigenvalue weighted by Crippen LogP contribution is 2.24. The van der Waals surface area contributed by atoms with Crippen LogP contribution < -0.4 is 5.32 Å². The van der Waals surface area contributed by atoms with Crippen molar-refractivity contribution in [2.75, 3.05) is 11.9 Å². The molecule has 0 saturated carbocycles. The van der Waals surface area contributed by atoms with E-state index in [2.05, 4.69) is 4.98 Å². The van der Waals surface area contributed by atoms with Crippen molar-refractivity contribution in [3.05, 3.63) is 23.1 Å². The third kappa shape index (κ3) is 3.19. The topological polar surface area (TPSA) is 24.9 Å². The molecule has 0 aliphatic carbocycles. The van der Waals surface area contributed by atoms with Crippen molar-refractivity contribution in [1.29, 1.82) is 0 Å². The molecule has 1 heterocycles. The van der Waals surface area contributed by atoms with Gasteiger partial charge in [-0.3, -0.25) is 0 Å². The van der Waals surface area contributed by atoms with E-state index in [1.54, 1.807) is 5.32 Å². The number of aromatic nitrogens is 1. The summed E-state index contributed by atoms with van der Waals surface area (Å²) in [4.78, 5) is 3.34. The first-order chi connectivity index (χ1) is 7.33. The van der Waals surface area contributed by atoms with Crippen LogP contribution in [0.3, 0.4) is 0 Å². The van der Waals surface area contributed by atoms with Crippen LogP contribution >= 0.6 is 11.6 Å². The fraction of sp³-hybridized carbons (Fsp3) is 0.375. The molecule has 0 aliphatic rings. The van der Waals surface area contributed by atoms with Crippen LogP contribution in [0.15, 0.2) is 12.3 Å². The van der Waals surface area contributed by atoms with E-state index in [1.165, 1.54) is 0 Å². The van der Waals surface area contributed by atoms with Gasteiger partial charge in [0.1, 0.15) is 0 Å². The highest BCUT2D eigenvalue weighted by Gasteiger charge is 2.40. The van der Waals surface area contributed by atoms with Gasteiger partial charge in [0.2, 0.25) is 0 Å². The summed E-state index contributed by atoms with van der Waals surface area (Å²) in [6.45, 7) is -1.41. The van der Waals surface area contributed by atoms with E-state index in [9.17, 15) is 22.0 Å². The second kappa shape index (κ2) is 4.82. The number of halogens is 6. The number of pyridine rings is 1. The van der Waals surface area contributed by atoms with Gasteiger partial charge in [-0.2, -0.15) is 8.78 Å². The lowest BCUT2D eigenvalue weighted by molar-refractivity contribution is -0.117. The Balaban J connectivity index is 2.68. The molecule has 0 saturated heterocycles. The van der Waals surface area contributed by atoms with Crippen molar-refractivity contribution in [2.45, 2.75) is 12.3 Å². The fourth-order valence-corrected chi connectivity index (χ4v) is 0.968. The first-order valence-electron chi connectivity index (χ1n) is 4.04. The Hall–Kier alpha value is -1.11. The summed E-state index contributed by atoms with van der Waals surface area (Å²) in [6, 6.07) is 0.831. The Bertz CT molecular complexity index is 371. The molecular formula is C8H6ClF5N2. The third-order valence-electron chi connectivity index (χ3n) is 1.62. The van der Waals surface area contributed by atoms with E-state index in [0.29, 0.717) is 0 Å². The average Bonchev–Trinajstić information content (AvgIpc) is 2.16. The highest BCUT2D eigenvalue weighted by atomic mass is 35.5. The van der Waals surface area contributed by atoms with Crippen molar-refractivity contribution in [3.8, 4) is 0 Å². The molecule has 8 heteroatoms. The van der Waals surface area contributed by atoms with Gasteiger partial charge in [-0.15, -0.1) is 0 Å². The lowest BCUT2D eigenvalue weighted by atomic mass is 10.3. The molecule has 0 amide bonds. The maximum atomic E-state index is 13.0. The van der Waals surface area contributed by atoms with E-state index in [0.717, 1.165) is 12.3 Å². The number of hydrogen-bond donors (Lipinski definition) is 1. The van der Waals surface area contributed by atoms with Gasteiger partial charge in [0.05, 0.1) is 11.6 Å². The Morgan fingerprint density at radius 2 is 2.06 bits per heavy atom. The Labute approximate surface area is 92.4 Å². The molecule has 90 valence electrons. The third-order valence-corrected chi connectivity index (χ3v) is 1.83. The van der Waals surface area contributed by atoms with Crippen LogP contribution in [-0.4, -0.2) is 23.9 Å². The van der Waals surface area contributed by atoms with Crippen LogP contribution in [0.4, 0.5) is 27.8 Å². The van der Waals surface area contributed by atoms with E-state index < -0.39 is 30.5 Å². The van der Waals surface area contributed by atoms with Crippen molar-refractivity contribution < 1.29 is 22.0 Å². The van der Waals surface area contributed by atoms with Crippen LogP contribution in [0.2, 0.25) is 5.02 Å². The van der Waals surface area contributed by atoms with Crippen LogP contribution in [0.25, 0.3) is 0 Å². The molecule has 0 radical (unpaired) electrons. The highest BCUT2D eigenvalue weighted by molar-refractivity contribution is 6.30. The van der Waals surface area contributed by atoms with Gasteiger partial charge in [-0.1, -0.05) is 11.6 Å². The number of rotatable bonds is 4. The molecule has 0 atom stereocenters. The van der Waals surface area contributed by atoms with E-state index in [-0.39, 0.29) is 5.02 Å². The van der Waals surface area contributed by atoms with Gasteiger partial charge in [0.25, 0.3) is 0 Å². The maximum absolute atomic E-state index is 13.0. The van der Waals surface area contributed by atoms with Crippen molar-refractivity contribution in [2.24, 2.45) is 0 Å². The monoisotopic (exact) mass is 260 g/mol. The zero-order valence-corrected chi connectivity index (χ0v) is 8.41. The van der Waals surface area contributed by atoms with Crippen molar-refractivity contribution >= 4 is 17.4 Å². The van der Waals surface area contributed by atoms with Crippen LogP contribution in [0, 0.1) is 5.82 Å². The molecule has 0 fully saturated rings. The molecule has 0 aliphatic heterocycles. The summed E-state index contributed by atoms with van der Waals surface area (Å²) in [5.74, 6) is -5.78. The summed E-state index contributed by atoms with van der Waals surface area (Å²) >= 11 is 5.36. The standard InChI is InChI=1S/C8H6ClF5N2/c9-4-1-5(10)6(15-2-4)16-3-8(13,14)7(11)12/h1-2,7H,3H2,(H,15,16). The zero-order chi connectivity index (χ0) is 12.3. The lowest BCUT2D eigenvalue weighted by Gasteiger charge is -2.16. The number of nitrogens with zero attached hydrogens (tertiary/aromatic N) is 1. The van der Waals surface area contributed by atoms with Gasteiger partial charge in [0, 0.05) is 6.20 Å². The van der Waals surface area contributed by atoms with E-state index >= 15 is 0 Å². The molecule has 16 heavy (non-hydrogen) atoms. The predicted octanol–water partition coefficient (Wildman–Crippen LogP) is 3.19. The molecule has 1 rings (SSSR count). The summed E-state index contributed by atoms with van der Waals surface area (Å²) in [5, 5.41) is 1.76. The van der Waals surface area contributed by atoms with Gasteiger partial charge >= 0.3 is 12.3 Å². The fourth-order valence-electron chi connectivity index (χ4n) is 0.823. The minimum Gasteiger partial charge on any atom is -0.361 e. The van der Waals surface area contributed by atoms with Crippen molar-refractivity contribution in [3.63, 3.8) is 0 Å². The molecule has 0 unspecified atom stereocenters. The maximum Gasteiger partial charge on any atom is 0.324 e. The predicted molar refractivity (Wildman–Crippen MR) is 48.6 cm³/mol. The second-order valence-corrected chi connectivity index (χ2v) is 3.34. The molecule has 0 spiro atoms. The van der Waals surface area contributed by atoms with E-state index in [4.69, 9.17) is 11.6 Å². The summed E-state index contributed by atoms with van der Waals surface area (Å²) in [7, 11) is 0. The van der Waals surface area contributed by atoms with Gasteiger partial charge < -0.3 is 5.32 Å². The number of alkyl halides is 4. The SMILES string of the molecule is Fc1cc(Cl)cnc1NCC(F)(F)C(F)F. The normalized spacial score (nSPS) is 11.9. The van der Waals surface area contributed by atoms with Crippen LogP contribution in [0.1, 0.15) is 0 Å². The molecule has 1 aromatic rings. The molecular weight excluding hydrogens is 255 g/mol. The smallest absolute Gasteiger partial charge is 0.324 e. The minimum atomic E-state index is -4.24. The summed E-state index contributed by atoms with van der Waals surface area (Å²) in [5.41, 5.74) is 0. The van der Waals surface area contributed by atoms with Crippen LogP contribution in [-0.2, 0) is 0 Å². The molecule has 0 aromatic carbocycles. The largest absolute Gasteiger partial charge is 0.361 e. The molecule has 1 N–H and O–H groups in total. The number of anilines is 1. The number of hydrogen-bond acceptors (Lipinski definition) is 2. The zero-order valence-electron chi connectivity index (χ0n) is 7.65. The Morgan fingerprint density at radius 1 is 1.44 bits per heavy atom. The molecule has 0 bridgehead atoms. The molecule has 2 nitrogen and oxygen atoms in total. The van der Waals surface area contributed by atoms with Gasteiger partial charge in [-0.05, 0) is 6.07 Å².